The molecule has 0 aliphatic rings. The van der Waals surface area contributed by atoms with Crippen LogP contribution in [0.4, 0.5) is 0 Å². The Morgan fingerprint density at radius 1 is 1.41 bits per heavy atom. The molecule has 0 atom stereocenters. The maximum atomic E-state index is 6.17. The van der Waals surface area contributed by atoms with E-state index in [2.05, 4.69) is 20.4 Å². The minimum Gasteiger partial charge on any atom is -0.349 e. The second-order valence-electron chi connectivity index (χ2n) is 4.58. The molecule has 2 rings (SSSR count). The average molecular weight is 436 g/mol. The van der Waals surface area contributed by atoms with Crippen molar-refractivity contribution < 1.29 is 4.52 Å². The molecule has 1 N–H and O–H groups in total. The summed E-state index contributed by atoms with van der Waals surface area (Å²) in [5.41, 5.74) is 1.04. The third kappa shape index (κ3) is 5.13. The van der Waals surface area contributed by atoms with Gasteiger partial charge in [-0.15, -0.1) is 24.0 Å². The summed E-state index contributed by atoms with van der Waals surface area (Å²) in [7, 11) is 3.67. The second-order valence-corrected chi connectivity index (χ2v) is 4.99. The van der Waals surface area contributed by atoms with E-state index in [0.717, 1.165) is 16.5 Å². The van der Waals surface area contributed by atoms with Crippen molar-refractivity contribution in [1.29, 1.82) is 0 Å². The van der Waals surface area contributed by atoms with E-state index in [4.69, 9.17) is 16.1 Å². The van der Waals surface area contributed by atoms with E-state index in [1.54, 1.807) is 14.0 Å². The first-order chi connectivity index (χ1) is 10.1. The molecule has 0 aliphatic heterocycles. The Hall–Kier alpha value is -1.35. The molecule has 2 aromatic rings. The van der Waals surface area contributed by atoms with Crippen LogP contribution in [0, 0.1) is 6.92 Å². The van der Waals surface area contributed by atoms with E-state index in [9.17, 15) is 0 Å². The molecule has 0 saturated heterocycles. The van der Waals surface area contributed by atoms with Crippen LogP contribution in [-0.2, 0) is 13.1 Å². The number of aryl methyl sites for hydroxylation is 1. The van der Waals surface area contributed by atoms with Crippen LogP contribution < -0.4 is 5.32 Å². The molecular formula is C14H19ClIN5O. The fourth-order valence-electron chi connectivity index (χ4n) is 1.91. The van der Waals surface area contributed by atoms with E-state index in [0.29, 0.717) is 24.8 Å². The quantitative estimate of drug-likeness (QED) is 0.454. The molecular weight excluding hydrogens is 417 g/mol. The van der Waals surface area contributed by atoms with Crippen LogP contribution in [0.5, 0.6) is 0 Å². The van der Waals surface area contributed by atoms with Crippen LogP contribution in [0.1, 0.15) is 17.3 Å². The smallest absolute Gasteiger partial charge is 0.223 e. The SMILES string of the molecule is CN=C(NCc1noc(C)n1)N(C)Cc1ccccc1Cl.I. The summed E-state index contributed by atoms with van der Waals surface area (Å²) < 4.78 is 4.93. The molecule has 0 spiro atoms. The molecule has 1 aromatic heterocycles. The Kier molecular flexibility index (Phi) is 7.60. The van der Waals surface area contributed by atoms with E-state index in [1.165, 1.54) is 0 Å². The van der Waals surface area contributed by atoms with Crippen molar-refractivity contribution in [3.05, 3.63) is 46.6 Å². The van der Waals surface area contributed by atoms with Gasteiger partial charge in [0.05, 0.1) is 6.54 Å². The average Bonchev–Trinajstić information content (AvgIpc) is 2.88. The summed E-state index contributed by atoms with van der Waals surface area (Å²) in [6.07, 6.45) is 0. The third-order valence-corrected chi connectivity index (χ3v) is 3.28. The fraction of sp³-hybridized carbons (Fsp3) is 0.357. The molecule has 0 amide bonds. The van der Waals surface area contributed by atoms with Crippen molar-refractivity contribution in [2.24, 2.45) is 4.99 Å². The third-order valence-electron chi connectivity index (χ3n) is 2.91. The summed E-state index contributed by atoms with van der Waals surface area (Å²) in [6.45, 7) is 2.87. The lowest BCUT2D eigenvalue weighted by Gasteiger charge is -2.22. The number of aliphatic imine (C=N–C) groups is 1. The highest BCUT2D eigenvalue weighted by molar-refractivity contribution is 14.0. The summed E-state index contributed by atoms with van der Waals surface area (Å²) in [4.78, 5) is 10.4. The Morgan fingerprint density at radius 3 is 2.73 bits per heavy atom. The Balaban J connectivity index is 0.00000242. The van der Waals surface area contributed by atoms with E-state index < -0.39 is 0 Å². The zero-order valence-corrected chi connectivity index (χ0v) is 15.8. The van der Waals surface area contributed by atoms with Gasteiger partial charge in [-0.1, -0.05) is 35.0 Å². The minimum atomic E-state index is 0. The van der Waals surface area contributed by atoms with Crippen molar-refractivity contribution >= 4 is 41.5 Å². The highest BCUT2D eigenvalue weighted by atomic mass is 127. The largest absolute Gasteiger partial charge is 0.349 e. The summed E-state index contributed by atoms with van der Waals surface area (Å²) in [5.74, 6) is 1.88. The van der Waals surface area contributed by atoms with Crippen LogP contribution in [0.3, 0.4) is 0 Å². The van der Waals surface area contributed by atoms with Crippen molar-refractivity contribution in [1.82, 2.24) is 20.4 Å². The van der Waals surface area contributed by atoms with Crippen molar-refractivity contribution in [3.8, 4) is 0 Å². The van der Waals surface area contributed by atoms with Gasteiger partial charge in [0.25, 0.3) is 0 Å². The predicted octanol–water partition coefficient (Wildman–Crippen LogP) is 2.86. The van der Waals surface area contributed by atoms with Gasteiger partial charge >= 0.3 is 0 Å². The number of aromatic nitrogens is 2. The predicted molar refractivity (Wildman–Crippen MR) is 97.6 cm³/mol. The molecule has 0 bridgehead atoms. The molecule has 0 saturated carbocycles. The van der Waals surface area contributed by atoms with Crippen LogP contribution in [-0.4, -0.2) is 35.1 Å². The molecule has 0 fully saturated rings. The van der Waals surface area contributed by atoms with Gasteiger partial charge in [-0.25, -0.2) is 0 Å². The first-order valence-electron chi connectivity index (χ1n) is 6.54. The maximum Gasteiger partial charge on any atom is 0.223 e. The van der Waals surface area contributed by atoms with Gasteiger partial charge < -0.3 is 14.7 Å². The normalized spacial score (nSPS) is 11.0. The van der Waals surface area contributed by atoms with Crippen molar-refractivity contribution in [3.63, 3.8) is 0 Å². The number of guanidine groups is 1. The topological polar surface area (TPSA) is 66.5 Å². The minimum absolute atomic E-state index is 0. The standard InChI is InChI=1S/C14H18ClN5O.HI/c1-10-18-13(19-21-10)8-17-14(16-2)20(3)9-11-6-4-5-7-12(11)15;/h4-7H,8-9H2,1-3H3,(H,16,17);1H. The zero-order chi connectivity index (χ0) is 15.2. The lowest BCUT2D eigenvalue weighted by atomic mass is 10.2. The number of nitrogens with one attached hydrogen (secondary N) is 1. The van der Waals surface area contributed by atoms with E-state index in [1.807, 2.05) is 36.2 Å². The molecule has 6 nitrogen and oxygen atoms in total. The Bertz CT molecular complexity index is 631. The Morgan fingerprint density at radius 2 is 2.14 bits per heavy atom. The molecule has 1 heterocycles. The molecule has 8 heteroatoms. The van der Waals surface area contributed by atoms with E-state index >= 15 is 0 Å². The lowest BCUT2D eigenvalue weighted by molar-refractivity contribution is 0.386. The van der Waals surface area contributed by atoms with Gasteiger partial charge in [0.15, 0.2) is 11.8 Å². The molecule has 0 aliphatic carbocycles. The number of benzene rings is 1. The molecule has 120 valence electrons. The highest BCUT2D eigenvalue weighted by Gasteiger charge is 2.10. The van der Waals surface area contributed by atoms with Crippen LogP contribution in [0.2, 0.25) is 5.02 Å². The van der Waals surface area contributed by atoms with Gasteiger partial charge in [0.1, 0.15) is 0 Å². The zero-order valence-electron chi connectivity index (χ0n) is 12.7. The summed E-state index contributed by atoms with van der Waals surface area (Å²) >= 11 is 6.17. The highest BCUT2D eigenvalue weighted by Crippen LogP contribution is 2.16. The van der Waals surface area contributed by atoms with Crippen LogP contribution in [0.15, 0.2) is 33.8 Å². The lowest BCUT2D eigenvalue weighted by Crippen LogP contribution is -2.38. The number of rotatable bonds is 4. The summed E-state index contributed by atoms with van der Waals surface area (Å²) in [5, 5.41) is 7.77. The Labute approximate surface area is 152 Å². The van der Waals surface area contributed by atoms with Gasteiger partial charge in [0, 0.05) is 32.6 Å². The van der Waals surface area contributed by atoms with Crippen LogP contribution in [0.25, 0.3) is 0 Å². The van der Waals surface area contributed by atoms with E-state index in [-0.39, 0.29) is 24.0 Å². The molecule has 0 radical (unpaired) electrons. The number of hydrogen-bond acceptors (Lipinski definition) is 4. The first kappa shape index (κ1) is 18.7. The van der Waals surface area contributed by atoms with Gasteiger partial charge in [-0.05, 0) is 11.6 Å². The van der Waals surface area contributed by atoms with Gasteiger partial charge in [-0.3, -0.25) is 4.99 Å². The fourth-order valence-corrected chi connectivity index (χ4v) is 2.11. The maximum absolute atomic E-state index is 6.17. The van der Waals surface area contributed by atoms with Gasteiger partial charge in [0.2, 0.25) is 5.89 Å². The molecule has 0 unspecified atom stereocenters. The summed E-state index contributed by atoms with van der Waals surface area (Å²) in [6, 6.07) is 7.75. The van der Waals surface area contributed by atoms with Crippen molar-refractivity contribution in [2.75, 3.05) is 14.1 Å². The van der Waals surface area contributed by atoms with Crippen LogP contribution >= 0.6 is 35.6 Å². The first-order valence-corrected chi connectivity index (χ1v) is 6.92. The number of halogens is 2. The molecule has 1 aromatic carbocycles. The van der Waals surface area contributed by atoms with Gasteiger partial charge in [-0.2, -0.15) is 4.98 Å². The number of hydrogen-bond donors (Lipinski definition) is 1. The second kappa shape index (κ2) is 8.94. The van der Waals surface area contributed by atoms with Crippen molar-refractivity contribution in [2.45, 2.75) is 20.0 Å². The number of nitrogens with zero attached hydrogens (tertiary/aromatic N) is 4. The monoisotopic (exact) mass is 435 g/mol. The molecule has 22 heavy (non-hydrogen) atoms.